The second-order valence-corrected chi connectivity index (χ2v) is 10.0. The number of aliphatic hydroxyl groups excluding tert-OH is 1. The summed E-state index contributed by atoms with van der Waals surface area (Å²) in [5.41, 5.74) is 5.13. The zero-order chi connectivity index (χ0) is 28.8. The van der Waals surface area contributed by atoms with Crippen molar-refractivity contribution in [3.63, 3.8) is 0 Å². The predicted molar refractivity (Wildman–Crippen MR) is 144 cm³/mol. The molecular weight excluding hydrogens is 522 g/mol. The average Bonchev–Trinajstić information content (AvgIpc) is 3.34. The highest BCUT2D eigenvalue weighted by molar-refractivity contribution is 6.06. The normalized spacial score (nSPS) is 22.2. The Morgan fingerprint density at radius 2 is 1.88 bits per heavy atom. The fraction of sp³-hybridized carbons (Fsp3) is 0.321. The number of carbonyl (C=O) groups excluding carboxylic acids is 2. The second-order valence-electron chi connectivity index (χ2n) is 10.0. The number of ether oxygens (including phenoxy) is 4. The molecule has 1 aliphatic heterocycles. The lowest BCUT2D eigenvalue weighted by atomic mass is 9.89. The number of methoxy groups -OCH3 is 1. The van der Waals surface area contributed by atoms with Crippen molar-refractivity contribution in [2.45, 2.75) is 51.0 Å². The summed E-state index contributed by atoms with van der Waals surface area (Å²) in [5, 5.41) is 14.9. The van der Waals surface area contributed by atoms with Crippen LogP contribution in [0.1, 0.15) is 29.9 Å². The molecule has 2 amide bonds. The number of nitrogens with one attached hydrogen (secondary N) is 2. The lowest BCUT2D eigenvalue weighted by Gasteiger charge is -2.47. The molecule has 4 aromatic rings. The third-order valence-corrected chi connectivity index (χ3v) is 6.89. The van der Waals surface area contributed by atoms with Gasteiger partial charge in [0.15, 0.2) is 12.2 Å². The summed E-state index contributed by atoms with van der Waals surface area (Å²) in [6, 6.07) is 13.9. The van der Waals surface area contributed by atoms with Gasteiger partial charge in [-0.2, -0.15) is 0 Å². The van der Waals surface area contributed by atoms with E-state index in [2.05, 4.69) is 10.3 Å². The number of aromatic nitrogens is 1. The smallest absolute Gasteiger partial charge is 0.404 e. The van der Waals surface area contributed by atoms with Gasteiger partial charge in [0.05, 0.1) is 5.60 Å². The third-order valence-electron chi connectivity index (χ3n) is 6.89. The van der Waals surface area contributed by atoms with E-state index in [-0.39, 0.29) is 17.0 Å². The Bertz CT molecular complexity index is 1630. The van der Waals surface area contributed by atoms with Gasteiger partial charge in [-0.15, -0.1) is 0 Å². The fourth-order valence-electron chi connectivity index (χ4n) is 4.97. The van der Waals surface area contributed by atoms with Crippen molar-refractivity contribution in [1.82, 2.24) is 4.98 Å². The molecule has 210 valence electrons. The maximum atomic E-state index is 12.8. The number of hydrogen-bond donors (Lipinski definition) is 4. The summed E-state index contributed by atoms with van der Waals surface area (Å²) in [6.07, 6.45) is -5.81. The Balaban J connectivity index is 1.40. The molecule has 12 nitrogen and oxygen atoms in total. The molecule has 0 radical (unpaired) electrons. The summed E-state index contributed by atoms with van der Waals surface area (Å²) in [7, 11) is 1.40. The number of aryl methyl sites for hydroxylation is 1. The van der Waals surface area contributed by atoms with E-state index in [4.69, 9.17) is 29.1 Å². The highest BCUT2D eigenvalue weighted by atomic mass is 16.7. The number of aliphatic hydroxyl groups is 1. The molecule has 3 heterocycles. The number of carbonyl (C=O) groups is 2. The fourth-order valence-corrected chi connectivity index (χ4v) is 4.97. The number of primary amides is 1. The molecule has 0 spiro atoms. The first-order valence-electron chi connectivity index (χ1n) is 12.5. The van der Waals surface area contributed by atoms with Gasteiger partial charge in [-0.1, -0.05) is 18.2 Å². The van der Waals surface area contributed by atoms with Crippen molar-refractivity contribution < 1.29 is 38.1 Å². The first-order valence-corrected chi connectivity index (χ1v) is 12.5. The van der Waals surface area contributed by atoms with E-state index in [1.165, 1.54) is 13.2 Å². The van der Waals surface area contributed by atoms with Gasteiger partial charge in [0, 0.05) is 29.0 Å². The standard InChI is InChI=1S/C28H29N3O9/c1-13-19(37-26-20(32)22(39-27(29)35)23(36-4)28(2,3)40-26)10-9-15-12-18(25(34)38-21(13)15)31-24(33)17-11-14-7-5-6-8-16(14)30-17/h5-12,20,22-23,26,30,32H,1-4H3,(H2,29,35)(H,31,33)/t20-,22+,23-,26-/m1/s1. The molecule has 0 saturated carbocycles. The quantitative estimate of drug-likeness (QED) is 0.262. The summed E-state index contributed by atoms with van der Waals surface area (Å²) >= 11 is 0. The van der Waals surface area contributed by atoms with Crippen molar-refractivity contribution in [3.05, 3.63) is 70.2 Å². The molecule has 4 atom stereocenters. The van der Waals surface area contributed by atoms with Gasteiger partial charge in [0.1, 0.15) is 28.8 Å². The van der Waals surface area contributed by atoms with Gasteiger partial charge in [-0.05, 0) is 51.1 Å². The molecule has 2 aromatic heterocycles. The highest BCUT2D eigenvalue weighted by Crippen LogP contribution is 2.36. The Morgan fingerprint density at radius 3 is 2.58 bits per heavy atom. The van der Waals surface area contributed by atoms with Crippen LogP contribution in [0.25, 0.3) is 21.9 Å². The predicted octanol–water partition coefficient (Wildman–Crippen LogP) is 3.19. The largest absolute Gasteiger partial charge is 0.462 e. The number of fused-ring (bicyclic) bond motifs is 2. The molecule has 0 bridgehead atoms. The van der Waals surface area contributed by atoms with Gasteiger partial charge in [0.25, 0.3) is 5.91 Å². The summed E-state index contributed by atoms with van der Waals surface area (Å²) in [4.78, 5) is 40.1. The summed E-state index contributed by atoms with van der Waals surface area (Å²) in [5.74, 6) is -0.244. The number of nitrogens with two attached hydrogens (primary N) is 1. The van der Waals surface area contributed by atoms with E-state index in [0.29, 0.717) is 16.6 Å². The Labute approximate surface area is 227 Å². The molecule has 1 fully saturated rings. The Kier molecular flexibility index (Phi) is 7.00. The Morgan fingerprint density at radius 1 is 1.12 bits per heavy atom. The monoisotopic (exact) mass is 551 g/mol. The summed E-state index contributed by atoms with van der Waals surface area (Å²) in [6.45, 7) is 5.05. The van der Waals surface area contributed by atoms with E-state index in [1.807, 2.05) is 24.3 Å². The van der Waals surface area contributed by atoms with Crippen LogP contribution in [-0.2, 0) is 14.2 Å². The molecule has 1 aliphatic rings. The molecule has 12 heteroatoms. The maximum absolute atomic E-state index is 12.8. The first kappa shape index (κ1) is 27.2. The average molecular weight is 552 g/mol. The molecule has 0 aliphatic carbocycles. The van der Waals surface area contributed by atoms with Crippen molar-refractivity contribution in [2.24, 2.45) is 5.73 Å². The highest BCUT2D eigenvalue weighted by Gasteiger charge is 2.53. The van der Waals surface area contributed by atoms with Gasteiger partial charge in [-0.25, -0.2) is 9.59 Å². The molecule has 5 rings (SSSR count). The zero-order valence-electron chi connectivity index (χ0n) is 22.2. The lowest BCUT2D eigenvalue weighted by Crippen LogP contribution is -2.65. The van der Waals surface area contributed by atoms with E-state index in [9.17, 15) is 19.5 Å². The zero-order valence-corrected chi connectivity index (χ0v) is 22.2. The minimum atomic E-state index is -1.45. The van der Waals surface area contributed by atoms with E-state index in [0.717, 1.165) is 10.9 Å². The van der Waals surface area contributed by atoms with Gasteiger partial charge >= 0.3 is 11.7 Å². The minimum Gasteiger partial charge on any atom is -0.462 e. The van der Waals surface area contributed by atoms with Crippen LogP contribution in [0.4, 0.5) is 10.5 Å². The van der Waals surface area contributed by atoms with Gasteiger partial charge < -0.3 is 44.5 Å². The molecule has 40 heavy (non-hydrogen) atoms. The van der Waals surface area contributed by atoms with Crippen molar-refractivity contribution in [3.8, 4) is 5.75 Å². The number of amides is 2. The van der Waals surface area contributed by atoms with Crippen LogP contribution in [0, 0.1) is 6.92 Å². The molecule has 1 saturated heterocycles. The number of aromatic amines is 1. The van der Waals surface area contributed by atoms with Crippen LogP contribution in [0.3, 0.4) is 0 Å². The van der Waals surface area contributed by atoms with Crippen LogP contribution in [0.5, 0.6) is 5.75 Å². The number of rotatable bonds is 6. The number of benzene rings is 2. The number of hydrogen-bond acceptors (Lipinski definition) is 9. The van der Waals surface area contributed by atoms with Crippen LogP contribution >= 0.6 is 0 Å². The van der Waals surface area contributed by atoms with Crippen LogP contribution < -0.4 is 21.4 Å². The molecule has 0 unspecified atom stereocenters. The van der Waals surface area contributed by atoms with Crippen molar-refractivity contribution in [1.29, 1.82) is 0 Å². The van der Waals surface area contributed by atoms with Crippen LogP contribution in [0.15, 0.2) is 57.7 Å². The maximum Gasteiger partial charge on any atom is 0.404 e. The number of anilines is 1. The van der Waals surface area contributed by atoms with Crippen molar-refractivity contribution in [2.75, 3.05) is 12.4 Å². The summed E-state index contributed by atoms with van der Waals surface area (Å²) < 4.78 is 28.0. The second kappa shape index (κ2) is 10.3. The molecular formula is C28H29N3O9. The van der Waals surface area contributed by atoms with Crippen molar-refractivity contribution >= 4 is 39.6 Å². The van der Waals surface area contributed by atoms with Crippen LogP contribution in [0.2, 0.25) is 0 Å². The van der Waals surface area contributed by atoms with Gasteiger partial charge in [0.2, 0.25) is 6.29 Å². The number of para-hydroxylation sites is 1. The number of H-pyrrole nitrogens is 1. The van der Waals surface area contributed by atoms with E-state index in [1.54, 1.807) is 39.0 Å². The SMILES string of the molecule is CO[C@@H]1[C@@H](OC(N)=O)[C@@H](O)[C@H](Oc2ccc3cc(NC(=O)c4cc5ccccc5[nH]4)c(=O)oc3c2C)OC1(C)C. The molecule has 2 aromatic carbocycles. The van der Waals surface area contributed by atoms with Gasteiger partial charge in [-0.3, -0.25) is 4.79 Å². The van der Waals surface area contributed by atoms with E-state index >= 15 is 0 Å². The minimum absolute atomic E-state index is 0.0333. The van der Waals surface area contributed by atoms with Crippen LogP contribution in [-0.4, -0.2) is 59.4 Å². The third kappa shape index (κ3) is 4.99. The van der Waals surface area contributed by atoms with E-state index < -0.39 is 47.8 Å². The topological polar surface area (TPSA) is 175 Å². The lowest BCUT2D eigenvalue weighted by molar-refractivity contribution is -0.304. The first-order chi connectivity index (χ1) is 19.0. The molecule has 5 N–H and O–H groups in total. The Hall–Kier alpha value is -4.39.